The molecule has 42 heavy (non-hydrogen) atoms. The van der Waals surface area contributed by atoms with Gasteiger partial charge >= 0.3 is 0 Å². The van der Waals surface area contributed by atoms with E-state index in [1.165, 1.54) is 4.68 Å². The van der Waals surface area contributed by atoms with Crippen molar-refractivity contribution in [1.29, 1.82) is 0 Å². The molecule has 2 heterocycles. The Labute approximate surface area is 243 Å². The van der Waals surface area contributed by atoms with Crippen molar-refractivity contribution in [2.24, 2.45) is 7.05 Å². The first kappa shape index (κ1) is 28.0. The highest BCUT2D eigenvalue weighted by Crippen LogP contribution is 2.33. The minimum atomic E-state index is -0.296. The van der Waals surface area contributed by atoms with Crippen LogP contribution in [0, 0.1) is 6.92 Å². The number of methoxy groups -OCH3 is 3. The summed E-state index contributed by atoms with van der Waals surface area (Å²) in [5.74, 6) is 2.87. The minimum absolute atomic E-state index is 0.296. The number of aryl methyl sites for hydroxylation is 2. The first-order valence-corrected chi connectivity index (χ1v) is 13.1. The van der Waals surface area contributed by atoms with Gasteiger partial charge in [-0.2, -0.15) is 10.1 Å². The number of hydrogen-bond donors (Lipinski definition) is 3. The predicted octanol–water partition coefficient (Wildman–Crippen LogP) is 5.95. The van der Waals surface area contributed by atoms with Crippen LogP contribution in [0.15, 0.2) is 78.9 Å². The molecule has 5 rings (SSSR count). The van der Waals surface area contributed by atoms with Gasteiger partial charge in [-0.25, -0.2) is 4.98 Å². The van der Waals surface area contributed by atoms with Crippen LogP contribution in [0.2, 0.25) is 0 Å². The van der Waals surface area contributed by atoms with E-state index in [0.717, 1.165) is 28.4 Å². The molecular formula is C31H31N7O4. The second kappa shape index (κ2) is 12.3. The molecule has 0 atom stereocenters. The number of benzene rings is 3. The molecule has 0 radical (unpaired) electrons. The first-order chi connectivity index (χ1) is 20.3. The van der Waals surface area contributed by atoms with Crippen LogP contribution in [0.25, 0.3) is 11.3 Å². The van der Waals surface area contributed by atoms with E-state index in [4.69, 9.17) is 14.2 Å². The summed E-state index contributed by atoms with van der Waals surface area (Å²) in [6, 6.07) is 23.9. The molecule has 0 fully saturated rings. The fraction of sp³-hybridized carbons (Fsp3) is 0.161. The Hall–Kier alpha value is -5.58. The van der Waals surface area contributed by atoms with E-state index in [1.807, 2.05) is 55.5 Å². The van der Waals surface area contributed by atoms with E-state index in [-0.39, 0.29) is 5.91 Å². The molecule has 0 unspecified atom stereocenters. The third-order valence-electron chi connectivity index (χ3n) is 6.41. The molecule has 1 amide bonds. The van der Waals surface area contributed by atoms with Crippen molar-refractivity contribution in [3.05, 3.63) is 90.3 Å². The SMILES string of the molecule is COc1ccc(Nc2cc(C)nc(Nc3ccc(NC(=O)c4cc(-c5cc(OC)ccc5OC)nn4C)cc3)n2)cc1. The maximum Gasteiger partial charge on any atom is 0.273 e. The van der Waals surface area contributed by atoms with E-state index < -0.39 is 0 Å². The number of rotatable bonds is 10. The molecule has 0 aliphatic carbocycles. The lowest BCUT2D eigenvalue weighted by Crippen LogP contribution is -2.16. The van der Waals surface area contributed by atoms with E-state index in [2.05, 4.69) is 31.0 Å². The van der Waals surface area contributed by atoms with Crippen molar-refractivity contribution in [2.75, 3.05) is 37.3 Å². The molecule has 2 aromatic heterocycles. The molecule has 0 saturated heterocycles. The molecule has 0 spiro atoms. The molecule has 0 aliphatic rings. The van der Waals surface area contributed by atoms with E-state index in [9.17, 15) is 4.79 Å². The second-order valence-electron chi connectivity index (χ2n) is 9.33. The third-order valence-corrected chi connectivity index (χ3v) is 6.41. The van der Waals surface area contributed by atoms with Crippen LogP contribution in [0.1, 0.15) is 16.2 Å². The monoisotopic (exact) mass is 565 g/mol. The number of nitrogens with one attached hydrogen (secondary N) is 3. The summed E-state index contributed by atoms with van der Waals surface area (Å²) in [7, 11) is 6.53. The fourth-order valence-electron chi connectivity index (χ4n) is 4.30. The van der Waals surface area contributed by atoms with Gasteiger partial charge in [-0.1, -0.05) is 0 Å². The van der Waals surface area contributed by atoms with E-state index in [0.29, 0.717) is 40.3 Å². The van der Waals surface area contributed by atoms with Gasteiger partial charge in [0.05, 0.1) is 27.0 Å². The lowest BCUT2D eigenvalue weighted by molar-refractivity contribution is 0.101. The maximum atomic E-state index is 13.1. The fourth-order valence-corrected chi connectivity index (χ4v) is 4.30. The molecule has 11 heteroatoms. The molecule has 5 aromatic rings. The maximum absolute atomic E-state index is 13.1. The van der Waals surface area contributed by atoms with Crippen LogP contribution in [0.3, 0.4) is 0 Å². The van der Waals surface area contributed by atoms with Crippen LogP contribution in [-0.4, -0.2) is 47.0 Å². The Bertz CT molecular complexity index is 1700. The van der Waals surface area contributed by atoms with Gasteiger partial charge in [0.2, 0.25) is 5.95 Å². The quantitative estimate of drug-likeness (QED) is 0.188. The molecule has 3 aromatic carbocycles. The standard InChI is InChI=1S/C31H31N7O4/c1-19-16-29(33-20-10-12-23(40-3)13-11-20)36-31(32-19)35-22-8-6-21(7-9-22)34-30(39)27-18-26(37-38(27)2)25-17-24(41-4)14-15-28(25)42-5/h6-18H,1-5H3,(H,34,39)(H2,32,33,35,36). The van der Waals surface area contributed by atoms with Gasteiger partial charge in [-0.15, -0.1) is 0 Å². The van der Waals surface area contributed by atoms with Crippen LogP contribution in [-0.2, 0) is 7.05 Å². The van der Waals surface area contributed by atoms with Crippen LogP contribution in [0.5, 0.6) is 17.2 Å². The van der Waals surface area contributed by atoms with Gasteiger partial charge in [0.1, 0.15) is 28.8 Å². The minimum Gasteiger partial charge on any atom is -0.497 e. The number of nitrogens with zero attached hydrogens (tertiary/aromatic N) is 4. The Balaban J connectivity index is 1.26. The number of ether oxygens (including phenoxy) is 3. The zero-order chi connectivity index (χ0) is 29.6. The van der Waals surface area contributed by atoms with Crippen molar-refractivity contribution < 1.29 is 19.0 Å². The third kappa shape index (κ3) is 6.41. The number of hydrogen-bond acceptors (Lipinski definition) is 9. The van der Waals surface area contributed by atoms with Crippen molar-refractivity contribution in [1.82, 2.24) is 19.7 Å². The molecule has 0 aliphatic heterocycles. The van der Waals surface area contributed by atoms with E-state index >= 15 is 0 Å². The molecule has 0 saturated carbocycles. The summed E-state index contributed by atoms with van der Waals surface area (Å²) in [4.78, 5) is 22.2. The van der Waals surface area contributed by atoms with E-state index in [1.54, 1.807) is 58.7 Å². The Morgan fingerprint density at radius 1 is 0.738 bits per heavy atom. The predicted molar refractivity (Wildman–Crippen MR) is 162 cm³/mol. The topological polar surface area (TPSA) is 124 Å². The molecule has 214 valence electrons. The van der Waals surface area contributed by atoms with Gasteiger partial charge in [0, 0.05) is 41.4 Å². The Kier molecular flexibility index (Phi) is 8.19. The number of carbonyl (C=O) groups excluding carboxylic acids is 1. The number of carbonyl (C=O) groups is 1. The molecule has 11 nitrogen and oxygen atoms in total. The largest absolute Gasteiger partial charge is 0.497 e. The van der Waals surface area contributed by atoms with Gasteiger partial charge < -0.3 is 30.2 Å². The number of amides is 1. The van der Waals surface area contributed by atoms with Crippen molar-refractivity contribution >= 4 is 34.7 Å². The van der Waals surface area contributed by atoms with Crippen molar-refractivity contribution in [2.45, 2.75) is 6.92 Å². The van der Waals surface area contributed by atoms with Gasteiger partial charge in [0.15, 0.2) is 0 Å². The average molecular weight is 566 g/mol. The smallest absolute Gasteiger partial charge is 0.273 e. The zero-order valence-corrected chi connectivity index (χ0v) is 23.9. The summed E-state index contributed by atoms with van der Waals surface area (Å²) < 4.78 is 17.6. The molecule has 0 bridgehead atoms. The summed E-state index contributed by atoms with van der Waals surface area (Å²) in [5, 5.41) is 14.0. The van der Waals surface area contributed by atoms with Crippen molar-refractivity contribution in [3.63, 3.8) is 0 Å². The van der Waals surface area contributed by atoms with Gasteiger partial charge in [-0.3, -0.25) is 9.48 Å². The highest BCUT2D eigenvalue weighted by molar-refractivity contribution is 6.03. The summed E-state index contributed by atoms with van der Waals surface area (Å²) in [6.07, 6.45) is 0. The van der Waals surface area contributed by atoms with Gasteiger partial charge in [-0.05, 0) is 79.7 Å². The van der Waals surface area contributed by atoms with Crippen LogP contribution in [0.4, 0.5) is 28.8 Å². The molecular weight excluding hydrogens is 534 g/mol. The normalized spacial score (nSPS) is 10.6. The Morgan fingerprint density at radius 2 is 1.38 bits per heavy atom. The zero-order valence-electron chi connectivity index (χ0n) is 23.9. The summed E-state index contributed by atoms with van der Waals surface area (Å²) in [5.41, 5.74) is 4.78. The number of anilines is 5. The average Bonchev–Trinajstić information content (AvgIpc) is 3.39. The Morgan fingerprint density at radius 3 is 2.07 bits per heavy atom. The number of aromatic nitrogens is 4. The first-order valence-electron chi connectivity index (χ1n) is 13.1. The lowest BCUT2D eigenvalue weighted by atomic mass is 10.1. The van der Waals surface area contributed by atoms with Gasteiger partial charge in [0.25, 0.3) is 5.91 Å². The second-order valence-corrected chi connectivity index (χ2v) is 9.33. The highest BCUT2D eigenvalue weighted by atomic mass is 16.5. The summed E-state index contributed by atoms with van der Waals surface area (Å²) >= 11 is 0. The summed E-state index contributed by atoms with van der Waals surface area (Å²) in [6.45, 7) is 1.90. The highest BCUT2D eigenvalue weighted by Gasteiger charge is 2.18. The molecule has 3 N–H and O–H groups in total. The van der Waals surface area contributed by atoms with Crippen LogP contribution < -0.4 is 30.2 Å². The van der Waals surface area contributed by atoms with Crippen molar-refractivity contribution in [3.8, 4) is 28.5 Å². The lowest BCUT2D eigenvalue weighted by Gasteiger charge is -2.11. The van der Waals surface area contributed by atoms with Crippen LogP contribution >= 0.6 is 0 Å².